The summed E-state index contributed by atoms with van der Waals surface area (Å²) in [5, 5.41) is 13.7. The van der Waals surface area contributed by atoms with Crippen LogP contribution in [-0.2, 0) is 20.7 Å². The minimum atomic E-state index is -4.05. The molecule has 0 radical (unpaired) electrons. The third kappa shape index (κ3) is 4.33. The fourth-order valence-corrected chi connectivity index (χ4v) is 4.73. The molecular formula is C24H21NO7S. The molecule has 0 amide bonds. The molecule has 4 rings (SSSR count). The zero-order valence-corrected chi connectivity index (χ0v) is 18.8. The van der Waals surface area contributed by atoms with E-state index < -0.39 is 15.0 Å². The van der Waals surface area contributed by atoms with Gasteiger partial charge in [0, 0.05) is 33.7 Å². The summed E-state index contributed by atoms with van der Waals surface area (Å²) in [6.45, 7) is -0.101. The molecule has 0 aliphatic rings. The van der Waals surface area contributed by atoms with Crippen LogP contribution in [0.3, 0.4) is 0 Å². The first-order valence-electron chi connectivity index (χ1n) is 10.0. The number of non-ortho nitro benzene ring substituents is 1. The second kappa shape index (κ2) is 9.05. The lowest BCUT2D eigenvalue weighted by molar-refractivity contribution is -0.384. The highest BCUT2D eigenvalue weighted by Gasteiger charge is 2.20. The predicted molar refractivity (Wildman–Crippen MR) is 124 cm³/mol. The van der Waals surface area contributed by atoms with Crippen molar-refractivity contribution in [3.05, 3.63) is 82.4 Å². The van der Waals surface area contributed by atoms with Crippen LogP contribution in [0.15, 0.2) is 71.6 Å². The molecule has 4 aromatic rings. The Morgan fingerprint density at radius 1 is 0.818 bits per heavy atom. The lowest BCUT2D eigenvalue weighted by Gasteiger charge is -2.16. The summed E-state index contributed by atoms with van der Waals surface area (Å²) in [7, 11) is -0.940. The Hall–Kier alpha value is -3.69. The Labute approximate surface area is 190 Å². The Morgan fingerprint density at radius 2 is 1.39 bits per heavy atom. The Morgan fingerprint density at radius 3 is 1.97 bits per heavy atom. The third-order valence-electron chi connectivity index (χ3n) is 5.37. The van der Waals surface area contributed by atoms with Crippen molar-refractivity contribution in [1.82, 2.24) is 0 Å². The van der Waals surface area contributed by atoms with Crippen LogP contribution in [0.25, 0.3) is 21.5 Å². The van der Waals surface area contributed by atoms with Gasteiger partial charge in [0.25, 0.3) is 15.8 Å². The van der Waals surface area contributed by atoms with E-state index in [1.54, 1.807) is 25.3 Å². The van der Waals surface area contributed by atoms with Crippen molar-refractivity contribution >= 4 is 37.4 Å². The van der Waals surface area contributed by atoms with E-state index >= 15 is 0 Å². The number of rotatable bonds is 8. The molecule has 0 fully saturated rings. The molecule has 0 unspecified atom stereocenters. The number of methoxy groups -OCH3 is 2. The second-order valence-electron chi connectivity index (χ2n) is 7.27. The third-order valence-corrected chi connectivity index (χ3v) is 6.68. The number of hydrogen-bond acceptors (Lipinski definition) is 7. The molecule has 0 N–H and O–H groups in total. The number of nitrogens with zero attached hydrogens (tertiary/aromatic N) is 1. The minimum absolute atomic E-state index is 0.00525. The summed E-state index contributed by atoms with van der Waals surface area (Å²) in [5.41, 5.74) is 0.701. The molecule has 8 nitrogen and oxygen atoms in total. The van der Waals surface area contributed by atoms with Gasteiger partial charge in [-0.25, -0.2) is 0 Å². The first kappa shape index (κ1) is 22.5. The fourth-order valence-electron chi connectivity index (χ4n) is 3.80. The molecule has 0 aromatic heterocycles. The summed E-state index contributed by atoms with van der Waals surface area (Å²) >= 11 is 0. The van der Waals surface area contributed by atoms with Crippen LogP contribution in [0.1, 0.15) is 5.56 Å². The van der Waals surface area contributed by atoms with Crippen LogP contribution in [0, 0.1) is 10.1 Å². The molecule has 0 heterocycles. The van der Waals surface area contributed by atoms with Gasteiger partial charge in [0.15, 0.2) is 0 Å². The van der Waals surface area contributed by atoms with Gasteiger partial charge in [0.05, 0.1) is 30.6 Å². The van der Waals surface area contributed by atoms with E-state index in [1.807, 2.05) is 24.3 Å². The number of hydrogen-bond donors (Lipinski definition) is 0. The molecule has 0 saturated heterocycles. The van der Waals surface area contributed by atoms with Crippen molar-refractivity contribution in [2.24, 2.45) is 0 Å². The van der Waals surface area contributed by atoms with Crippen LogP contribution in [0.4, 0.5) is 5.69 Å². The van der Waals surface area contributed by atoms with Crippen molar-refractivity contribution in [2.75, 3.05) is 20.8 Å². The summed E-state index contributed by atoms with van der Waals surface area (Å²) in [4.78, 5) is 10.3. The number of ether oxygens (including phenoxy) is 2. The SMILES string of the molecule is COc1c2ccccc2c(OC)c2cc(S(=O)(=O)OCCc3ccc([N+](=O)[O-])cc3)ccc12. The molecule has 0 spiro atoms. The minimum Gasteiger partial charge on any atom is -0.495 e. The van der Waals surface area contributed by atoms with Gasteiger partial charge in [-0.05, 0) is 30.2 Å². The highest BCUT2D eigenvalue weighted by Crippen LogP contribution is 2.43. The van der Waals surface area contributed by atoms with Crippen molar-refractivity contribution < 1.29 is 27.0 Å². The average Bonchev–Trinajstić information content (AvgIpc) is 2.82. The Bertz CT molecular complexity index is 1450. The maximum Gasteiger partial charge on any atom is 0.297 e. The lowest BCUT2D eigenvalue weighted by atomic mass is 10.0. The molecule has 0 saturated carbocycles. The van der Waals surface area contributed by atoms with Gasteiger partial charge in [-0.3, -0.25) is 14.3 Å². The molecule has 0 atom stereocenters. The van der Waals surface area contributed by atoms with Gasteiger partial charge in [0.1, 0.15) is 11.5 Å². The first-order valence-corrected chi connectivity index (χ1v) is 11.5. The normalized spacial score (nSPS) is 11.6. The van der Waals surface area contributed by atoms with Crippen molar-refractivity contribution in [3.8, 4) is 11.5 Å². The van der Waals surface area contributed by atoms with Gasteiger partial charge in [0.2, 0.25) is 0 Å². The van der Waals surface area contributed by atoms with Gasteiger partial charge >= 0.3 is 0 Å². The van der Waals surface area contributed by atoms with E-state index in [0.29, 0.717) is 16.9 Å². The first-order chi connectivity index (χ1) is 15.9. The number of fused-ring (bicyclic) bond motifs is 2. The summed E-state index contributed by atoms with van der Waals surface area (Å²) in [6, 6.07) is 18.1. The van der Waals surface area contributed by atoms with E-state index in [2.05, 4.69) is 0 Å². The summed E-state index contributed by atoms with van der Waals surface area (Å²) < 4.78 is 42.2. The molecule has 0 aliphatic carbocycles. The monoisotopic (exact) mass is 467 g/mol. The van der Waals surface area contributed by atoms with Gasteiger partial charge in [-0.15, -0.1) is 0 Å². The molecule has 170 valence electrons. The van der Waals surface area contributed by atoms with Crippen LogP contribution < -0.4 is 9.47 Å². The quantitative estimate of drug-likeness (QED) is 0.158. The molecule has 9 heteroatoms. The zero-order chi connectivity index (χ0) is 23.6. The van der Waals surface area contributed by atoms with E-state index in [0.717, 1.165) is 21.7 Å². The maximum absolute atomic E-state index is 12.8. The Kier molecular flexibility index (Phi) is 6.17. The number of nitro groups is 1. The molecular weight excluding hydrogens is 446 g/mol. The van der Waals surface area contributed by atoms with Gasteiger partial charge in [-0.1, -0.05) is 36.4 Å². The van der Waals surface area contributed by atoms with Crippen LogP contribution >= 0.6 is 0 Å². The number of nitro benzene ring substituents is 1. The lowest BCUT2D eigenvalue weighted by Crippen LogP contribution is -2.09. The largest absolute Gasteiger partial charge is 0.495 e. The molecule has 0 aliphatic heterocycles. The van der Waals surface area contributed by atoms with E-state index in [4.69, 9.17) is 13.7 Å². The average molecular weight is 467 g/mol. The summed E-state index contributed by atoms with van der Waals surface area (Å²) in [5.74, 6) is 1.17. The van der Waals surface area contributed by atoms with E-state index in [1.165, 1.54) is 31.4 Å². The van der Waals surface area contributed by atoms with Crippen molar-refractivity contribution in [2.45, 2.75) is 11.3 Å². The predicted octanol–water partition coefficient (Wildman–Crippen LogP) is 4.87. The van der Waals surface area contributed by atoms with Gasteiger partial charge < -0.3 is 9.47 Å². The second-order valence-corrected chi connectivity index (χ2v) is 8.88. The molecule has 0 bridgehead atoms. The van der Waals surface area contributed by atoms with Crippen molar-refractivity contribution in [1.29, 1.82) is 0 Å². The topological polar surface area (TPSA) is 105 Å². The molecule has 4 aromatic carbocycles. The molecule has 33 heavy (non-hydrogen) atoms. The highest BCUT2D eigenvalue weighted by atomic mass is 32.2. The van der Waals surface area contributed by atoms with E-state index in [9.17, 15) is 18.5 Å². The van der Waals surface area contributed by atoms with E-state index in [-0.39, 0.29) is 23.6 Å². The zero-order valence-electron chi connectivity index (χ0n) is 18.0. The highest BCUT2D eigenvalue weighted by molar-refractivity contribution is 7.86. The Balaban J connectivity index is 1.64. The fraction of sp³-hybridized carbons (Fsp3) is 0.167. The number of benzene rings is 4. The van der Waals surface area contributed by atoms with Crippen LogP contribution in [0.2, 0.25) is 0 Å². The van der Waals surface area contributed by atoms with Crippen molar-refractivity contribution in [3.63, 3.8) is 0 Å². The maximum atomic E-state index is 12.8. The standard InChI is InChI=1S/C24H21NO7S/c1-30-23-19-5-3-4-6-20(19)24(31-2)22-15-18(11-12-21(22)23)33(28,29)32-14-13-16-7-9-17(10-8-16)25(26)27/h3-12,15H,13-14H2,1-2H3. The van der Waals surface area contributed by atoms with Gasteiger partial charge in [-0.2, -0.15) is 8.42 Å². The van der Waals surface area contributed by atoms with Crippen LogP contribution in [-0.4, -0.2) is 34.2 Å². The summed E-state index contributed by atoms with van der Waals surface area (Å²) in [6.07, 6.45) is 0.284. The van der Waals surface area contributed by atoms with Crippen LogP contribution in [0.5, 0.6) is 11.5 Å². The smallest absolute Gasteiger partial charge is 0.297 e.